The molecule has 4 nitrogen and oxygen atoms in total. The van der Waals surface area contributed by atoms with Crippen LogP contribution in [0, 0.1) is 0 Å². The summed E-state index contributed by atoms with van der Waals surface area (Å²) >= 11 is 0. The van der Waals surface area contributed by atoms with Gasteiger partial charge in [-0.2, -0.15) is 0 Å². The molecule has 2 aromatic rings. The van der Waals surface area contributed by atoms with Gasteiger partial charge in [0.2, 0.25) is 5.91 Å². The van der Waals surface area contributed by atoms with Crippen LogP contribution in [-0.4, -0.2) is 11.0 Å². The number of phenols is 1. The zero-order valence-corrected chi connectivity index (χ0v) is 9.67. The molecule has 0 aliphatic carbocycles. The molecule has 92 valence electrons. The molecular weight excluding hydrogens is 230 g/mol. The Morgan fingerprint density at radius 3 is 2.44 bits per heavy atom. The predicted molar refractivity (Wildman–Crippen MR) is 67.4 cm³/mol. The maximum absolute atomic E-state index is 11.2. The summed E-state index contributed by atoms with van der Waals surface area (Å²) in [5, 5.41) is 9.14. The van der Waals surface area contributed by atoms with Crippen LogP contribution < -0.4 is 10.5 Å². The van der Waals surface area contributed by atoms with Crippen molar-refractivity contribution in [2.75, 3.05) is 0 Å². The number of phenolic OH excluding ortho intramolecular Hbond substituents is 1. The molecule has 1 amide bonds. The van der Waals surface area contributed by atoms with Crippen LogP contribution in [0.3, 0.4) is 0 Å². The lowest BCUT2D eigenvalue weighted by molar-refractivity contribution is 0.0998. The van der Waals surface area contributed by atoms with Crippen molar-refractivity contribution in [2.24, 2.45) is 5.73 Å². The van der Waals surface area contributed by atoms with Gasteiger partial charge in [0.25, 0.3) is 0 Å². The molecule has 0 aliphatic rings. The molecule has 0 unspecified atom stereocenters. The quantitative estimate of drug-likeness (QED) is 0.863. The molecule has 0 saturated carbocycles. The first-order valence-electron chi connectivity index (χ1n) is 5.46. The Morgan fingerprint density at radius 2 is 1.78 bits per heavy atom. The molecule has 0 heterocycles. The van der Waals surface area contributed by atoms with E-state index < -0.39 is 5.91 Å². The minimum Gasteiger partial charge on any atom is -0.508 e. The third-order valence-corrected chi connectivity index (χ3v) is 2.51. The Hall–Kier alpha value is -2.49. The summed E-state index contributed by atoms with van der Waals surface area (Å²) in [6.45, 7) is 0.254. The Labute approximate surface area is 105 Å². The van der Waals surface area contributed by atoms with Crippen molar-refractivity contribution in [1.82, 2.24) is 0 Å². The van der Waals surface area contributed by atoms with Crippen molar-refractivity contribution in [3.8, 4) is 11.5 Å². The van der Waals surface area contributed by atoms with Gasteiger partial charge in [0.05, 0.1) is 0 Å². The lowest BCUT2D eigenvalue weighted by Crippen LogP contribution is -2.14. The Kier molecular flexibility index (Phi) is 3.48. The number of amides is 1. The molecule has 0 spiro atoms. The summed E-state index contributed by atoms with van der Waals surface area (Å²) in [6.07, 6.45) is 0. The van der Waals surface area contributed by atoms with Gasteiger partial charge in [0, 0.05) is 11.1 Å². The molecule has 3 N–H and O–H groups in total. The fraction of sp³-hybridized carbons (Fsp3) is 0.0714. The summed E-state index contributed by atoms with van der Waals surface area (Å²) in [6, 6.07) is 13.4. The summed E-state index contributed by atoms with van der Waals surface area (Å²) in [5.41, 5.74) is 6.47. The van der Waals surface area contributed by atoms with E-state index in [2.05, 4.69) is 0 Å². The van der Waals surface area contributed by atoms with Crippen LogP contribution >= 0.6 is 0 Å². The average molecular weight is 243 g/mol. The Balaban J connectivity index is 2.10. The highest BCUT2D eigenvalue weighted by Gasteiger charge is 2.07. The number of aromatic hydroxyl groups is 1. The van der Waals surface area contributed by atoms with Gasteiger partial charge in [-0.25, -0.2) is 0 Å². The van der Waals surface area contributed by atoms with E-state index in [1.54, 1.807) is 30.3 Å². The Bertz CT molecular complexity index is 549. The van der Waals surface area contributed by atoms with E-state index in [4.69, 9.17) is 15.6 Å². The maximum Gasteiger partial charge on any atom is 0.249 e. The maximum atomic E-state index is 11.2. The molecule has 0 atom stereocenters. The number of hydrogen-bond donors (Lipinski definition) is 2. The largest absolute Gasteiger partial charge is 0.508 e. The van der Waals surface area contributed by atoms with Crippen LogP contribution in [-0.2, 0) is 6.61 Å². The van der Waals surface area contributed by atoms with Gasteiger partial charge < -0.3 is 15.6 Å². The van der Waals surface area contributed by atoms with E-state index in [0.29, 0.717) is 11.3 Å². The number of carbonyl (C=O) groups excluding carboxylic acids is 1. The average Bonchev–Trinajstić information content (AvgIpc) is 2.38. The van der Waals surface area contributed by atoms with Crippen molar-refractivity contribution >= 4 is 5.91 Å². The van der Waals surface area contributed by atoms with Crippen molar-refractivity contribution in [3.05, 3.63) is 59.7 Å². The van der Waals surface area contributed by atoms with Crippen molar-refractivity contribution in [3.63, 3.8) is 0 Å². The molecule has 0 radical (unpaired) electrons. The standard InChI is InChI=1S/C14H13NO3/c15-14(17)13-4-2-1-3-10(13)9-18-12-7-5-11(16)6-8-12/h1-8,16H,9H2,(H2,15,17). The first-order valence-corrected chi connectivity index (χ1v) is 5.46. The van der Waals surface area contributed by atoms with Gasteiger partial charge in [-0.15, -0.1) is 0 Å². The number of nitrogens with two attached hydrogens (primary N) is 1. The minimum atomic E-state index is -0.472. The molecular formula is C14H13NO3. The van der Waals surface area contributed by atoms with E-state index in [1.165, 1.54) is 12.1 Å². The van der Waals surface area contributed by atoms with E-state index in [-0.39, 0.29) is 12.4 Å². The highest BCUT2D eigenvalue weighted by molar-refractivity contribution is 5.94. The molecule has 4 heteroatoms. The van der Waals surface area contributed by atoms with Crippen LogP contribution in [0.25, 0.3) is 0 Å². The van der Waals surface area contributed by atoms with Crippen LogP contribution in [0.15, 0.2) is 48.5 Å². The molecule has 18 heavy (non-hydrogen) atoms. The van der Waals surface area contributed by atoms with E-state index >= 15 is 0 Å². The fourth-order valence-corrected chi connectivity index (χ4v) is 1.59. The summed E-state index contributed by atoms with van der Waals surface area (Å²) in [5.74, 6) is 0.326. The smallest absolute Gasteiger partial charge is 0.249 e. The number of rotatable bonds is 4. The van der Waals surface area contributed by atoms with Crippen LogP contribution in [0.2, 0.25) is 0 Å². The summed E-state index contributed by atoms with van der Waals surface area (Å²) < 4.78 is 5.52. The van der Waals surface area contributed by atoms with Gasteiger partial charge >= 0.3 is 0 Å². The third kappa shape index (κ3) is 2.79. The third-order valence-electron chi connectivity index (χ3n) is 2.51. The monoisotopic (exact) mass is 243 g/mol. The number of benzene rings is 2. The van der Waals surface area contributed by atoms with Crippen LogP contribution in [0.5, 0.6) is 11.5 Å². The highest BCUT2D eigenvalue weighted by Crippen LogP contribution is 2.18. The van der Waals surface area contributed by atoms with Gasteiger partial charge in [-0.1, -0.05) is 18.2 Å². The molecule has 2 rings (SSSR count). The molecule has 2 aromatic carbocycles. The zero-order chi connectivity index (χ0) is 13.0. The SMILES string of the molecule is NC(=O)c1ccccc1COc1ccc(O)cc1. The molecule has 0 saturated heterocycles. The van der Waals surface area contributed by atoms with Gasteiger partial charge in [0.15, 0.2) is 0 Å². The van der Waals surface area contributed by atoms with Crippen molar-refractivity contribution in [2.45, 2.75) is 6.61 Å². The second-order valence-electron chi connectivity index (χ2n) is 3.80. The van der Waals surface area contributed by atoms with Gasteiger partial charge in [-0.3, -0.25) is 4.79 Å². The molecule has 0 bridgehead atoms. The van der Waals surface area contributed by atoms with Crippen molar-refractivity contribution in [1.29, 1.82) is 0 Å². The normalized spacial score (nSPS) is 10.0. The number of hydrogen-bond acceptors (Lipinski definition) is 3. The predicted octanol–water partition coefficient (Wildman–Crippen LogP) is 2.07. The van der Waals surface area contributed by atoms with Gasteiger partial charge in [-0.05, 0) is 30.3 Å². The first-order chi connectivity index (χ1) is 8.66. The summed E-state index contributed by atoms with van der Waals surface area (Å²) in [7, 11) is 0. The van der Waals surface area contributed by atoms with E-state index in [0.717, 1.165) is 5.56 Å². The topological polar surface area (TPSA) is 72.6 Å². The van der Waals surface area contributed by atoms with E-state index in [9.17, 15) is 4.79 Å². The van der Waals surface area contributed by atoms with Crippen molar-refractivity contribution < 1.29 is 14.6 Å². The van der Waals surface area contributed by atoms with Crippen LogP contribution in [0.1, 0.15) is 15.9 Å². The second-order valence-corrected chi connectivity index (χ2v) is 3.80. The Morgan fingerprint density at radius 1 is 1.11 bits per heavy atom. The number of carbonyl (C=O) groups is 1. The lowest BCUT2D eigenvalue weighted by Gasteiger charge is -2.09. The molecule has 0 aromatic heterocycles. The van der Waals surface area contributed by atoms with Gasteiger partial charge in [0.1, 0.15) is 18.1 Å². The van der Waals surface area contributed by atoms with E-state index in [1.807, 2.05) is 6.07 Å². The first kappa shape index (κ1) is 12.0. The van der Waals surface area contributed by atoms with Crippen LogP contribution in [0.4, 0.5) is 0 Å². The zero-order valence-electron chi connectivity index (χ0n) is 9.67. The number of primary amides is 1. The molecule has 0 fully saturated rings. The lowest BCUT2D eigenvalue weighted by atomic mass is 10.1. The minimum absolute atomic E-state index is 0.180. The second kappa shape index (κ2) is 5.23. The summed E-state index contributed by atoms with van der Waals surface area (Å²) in [4.78, 5) is 11.2. The fourth-order valence-electron chi connectivity index (χ4n) is 1.59. The molecule has 0 aliphatic heterocycles. The highest BCUT2D eigenvalue weighted by atomic mass is 16.5. The number of ether oxygens (including phenoxy) is 1.